The summed E-state index contributed by atoms with van der Waals surface area (Å²) in [6.07, 6.45) is -5.64. The van der Waals surface area contributed by atoms with Gasteiger partial charge in [0.05, 0.1) is 0 Å². The Kier molecular flexibility index (Phi) is 8.21. The molecule has 0 aromatic carbocycles. The summed E-state index contributed by atoms with van der Waals surface area (Å²) in [5.74, 6) is -2.40. The first-order valence-electron chi connectivity index (χ1n) is 8.76. The average Bonchev–Trinajstić information content (AvgIpc) is 3.08. The standard InChI is InChI=1S/C15H21N5O7S.2ClH/c1-4(2)6(16)13(24)26-3-5-7(21)8(22)12(27-5)20-10-9(28-15(20)25)11(23)19-14(17)18-10;;/h4-8,12,21-22H,3,16H2,1-2H3,(H3,17,18,19,23);2*1H/t5-,6+,7-,8-,12?;;/m1../s1/i4D;;. The number of fused-ring (bicyclic) bond motifs is 1. The van der Waals surface area contributed by atoms with E-state index in [9.17, 15) is 24.6 Å². The van der Waals surface area contributed by atoms with Gasteiger partial charge in [0.15, 0.2) is 11.9 Å². The maximum atomic E-state index is 12.4. The van der Waals surface area contributed by atoms with Crippen LogP contribution in [0.2, 0.25) is 0 Å². The third-order valence-corrected chi connectivity index (χ3v) is 5.29. The number of ether oxygens (including phenoxy) is 2. The van der Waals surface area contributed by atoms with Crippen LogP contribution in [0.4, 0.5) is 5.95 Å². The molecule has 170 valence electrons. The molecule has 1 unspecified atom stereocenters. The number of esters is 1. The molecule has 1 saturated heterocycles. The predicted molar refractivity (Wildman–Crippen MR) is 113 cm³/mol. The highest BCUT2D eigenvalue weighted by molar-refractivity contribution is 7.16. The molecule has 12 nitrogen and oxygen atoms in total. The number of aromatic nitrogens is 3. The number of aliphatic hydroxyl groups is 2. The van der Waals surface area contributed by atoms with Gasteiger partial charge in [0.1, 0.15) is 35.7 Å². The van der Waals surface area contributed by atoms with Crippen LogP contribution in [0.3, 0.4) is 0 Å². The maximum absolute atomic E-state index is 12.4. The van der Waals surface area contributed by atoms with Crippen LogP contribution in [0.15, 0.2) is 9.59 Å². The van der Waals surface area contributed by atoms with Gasteiger partial charge in [-0.15, -0.1) is 24.8 Å². The largest absolute Gasteiger partial charge is 0.462 e. The van der Waals surface area contributed by atoms with Crippen LogP contribution in [-0.2, 0) is 14.3 Å². The van der Waals surface area contributed by atoms with Crippen molar-refractivity contribution in [2.75, 3.05) is 12.3 Å². The first-order chi connectivity index (χ1) is 13.4. The van der Waals surface area contributed by atoms with Gasteiger partial charge in [-0.3, -0.25) is 23.9 Å². The summed E-state index contributed by atoms with van der Waals surface area (Å²) in [6.45, 7) is 2.41. The normalized spacial score (nSPS) is 25.2. The van der Waals surface area contributed by atoms with Crippen molar-refractivity contribution in [3.05, 3.63) is 20.0 Å². The van der Waals surface area contributed by atoms with Crippen LogP contribution in [0.25, 0.3) is 10.3 Å². The van der Waals surface area contributed by atoms with E-state index in [1.165, 1.54) is 13.8 Å². The Bertz CT molecular complexity index is 1060. The smallest absolute Gasteiger partial charge is 0.323 e. The molecule has 1 aliphatic heterocycles. The fourth-order valence-electron chi connectivity index (χ4n) is 2.74. The SMILES string of the molecule is Cl.Cl.[2H]C(C)(C)[C@H](N)C(=O)OC[C@H]1OC(n2c(=O)sc3c(=O)[nH]c(N)nc32)[C@H](O)[C@@H]1O. The van der Waals surface area contributed by atoms with E-state index in [4.69, 9.17) is 22.3 Å². The first-order valence-corrected chi connectivity index (χ1v) is 9.08. The van der Waals surface area contributed by atoms with Crippen LogP contribution < -0.4 is 21.9 Å². The van der Waals surface area contributed by atoms with E-state index in [0.717, 1.165) is 4.57 Å². The molecular formula is C15H23Cl2N5O7S. The molecule has 0 amide bonds. The van der Waals surface area contributed by atoms with Crippen LogP contribution in [-0.4, -0.2) is 61.7 Å². The van der Waals surface area contributed by atoms with Gasteiger partial charge in [0.25, 0.3) is 5.56 Å². The van der Waals surface area contributed by atoms with Crippen molar-refractivity contribution in [3.63, 3.8) is 0 Å². The molecule has 2 aromatic heterocycles. The quantitative estimate of drug-likeness (QED) is 0.316. The number of hydrogen-bond acceptors (Lipinski definition) is 11. The summed E-state index contributed by atoms with van der Waals surface area (Å²) in [5, 5.41) is 20.6. The van der Waals surface area contributed by atoms with E-state index >= 15 is 0 Å². The number of hydrogen-bond donors (Lipinski definition) is 5. The van der Waals surface area contributed by atoms with Gasteiger partial charge >= 0.3 is 10.8 Å². The summed E-state index contributed by atoms with van der Waals surface area (Å²) < 4.78 is 19.2. The zero-order valence-corrected chi connectivity index (χ0v) is 18.3. The number of aliphatic hydroxyl groups excluding tert-OH is 2. The second kappa shape index (κ2) is 10.0. The number of thiazole rings is 1. The minimum atomic E-state index is -1.57. The molecular weight excluding hydrogens is 465 g/mol. The third kappa shape index (κ3) is 4.77. The molecule has 3 rings (SSSR count). The van der Waals surface area contributed by atoms with Crippen LogP contribution in [0, 0.1) is 5.89 Å². The predicted octanol–water partition coefficient (Wildman–Crippen LogP) is -1.28. The van der Waals surface area contributed by atoms with E-state index < -0.39 is 59.5 Å². The lowest BCUT2D eigenvalue weighted by molar-refractivity contribution is -0.152. The number of carbonyl (C=O) groups is 1. The molecule has 0 spiro atoms. The van der Waals surface area contributed by atoms with Gasteiger partial charge in [-0.25, -0.2) is 0 Å². The summed E-state index contributed by atoms with van der Waals surface area (Å²) >= 11 is 0.580. The highest BCUT2D eigenvalue weighted by Crippen LogP contribution is 2.31. The molecule has 3 heterocycles. The molecule has 1 aliphatic rings. The molecule has 15 heteroatoms. The number of nitrogen functional groups attached to an aromatic ring is 1. The van der Waals surface area contributed by atoms with Crippen molar-refractivity contribution >= 4 is 58.4 Å². The Morgan fingerprint density at radius 2 is 2.03 bits per heavy atom. The number of anilines is 1. The molecule has 5 atom stereocenters. The van der Waals surface area contributed by atoms with E-state index in [0.29, 0.717) is 11.3 Å². The van der Waals surface area contributed by atoms with Gasteiger partial charge in [-0.05, 0) is 5.89 Å². The summed E-state index contributed by atoms with van der Waals surface area (Å²) in [4.78, 5) is 41.8. The molecule has 2 aromatic rings. The number of nitrogens with zero attached hydrogens (tertiary/aromatic N) is 2. The van der Waals surface area contributed by atoms with Gasteiger partial charge in [0.2, 0.25) is 5.95 Å². The molecule has 30 heavy (non-hydrogen) atoms. The van der Waals surface area contributed by atoms with Crippen molar-refractivity contribution in [3.8, 4) is 0 Å². The Morgan fingerprint density at radius 1 is 1.40 bits per heavy atom. The molecule has 7 N–H and O–H groups in total. The Hall–Kier alpha value is -1.74. The molecule has 0 saturated carbocycles. The maximum Gasteiger partial charge on any atom is 0.323 e. The Balaban J connectivity index is 0.00000240. The lowest BCUT2D eigenvalue weighted by Gasteiger charge is -2.18. The van der Waals surface area contributed by atoms with Gasteiger partial charge in [-0.1, -0.05) is 25.2 Å². The van der Waals surface area contributed by atoms with Crippen LogP contribution >= 0.6 is 36.2 Å². The lowest BCUT2D eigenvalue weighted by Crippen LogP contribution is -2.40. The molecule has 0 radical (unpaired) electrons. The Morgan fingerprint density at radius 3 is 2.63 bits per heavy atom. The fraction of sp³-hybridized carbons (Fsp3) is 0.600. The van der Waals surface area contributed by atoms with Gasteiger partial charge in [-0.2, -0.15) is 4.98 Å². The molecule has 1 fully saturated rings. The fourth-order valence-corrected chi connectivity index (χ4v) is 3.58. The lowest BCUT2D eigenvalue weighted by atomic mass is 10.1. The van der Waals surface area contributed by atoms with E-state index in [1.54, 1.807) is 0 Å². The van der Waals surface area contributed by atoms with E-state index in [-0.39, 0.29) is 41.1 Å². The summed E-state index contributed by atoms with van der Waals surface area (Å²) in [7, 11) is 0. The number of nitrogens with two attached hydrogens (primary N) is 2. The van der Waals surface area contributed by atoms with E-state index in [1.807, 2.05) is 0 Å². The second-order valence-electron chi connectivity index (χ2n) is 6.57. The topological polar surface area (TPSA) is 196 Å². The van der Waals surface area contributed by atoms with Crippen molar-refractivity contribution in [2.45, 2.75) is 44.4 Å². The number of nitrogens with one attached hydrogen (secondary N) is 1. The number of carbonyl (C=O) groups excluding carboxylic acids is 1. The van der Waals surface area contributed by atoms with Crippen molar-refractivity contribution in [2.24, 2.45) is 11.6 Å². The molecule has 0 bridgehead atoms. The minimum absolute atomic E-state index is 0. The number of aromatic amines is 1. The summed E-state index contributed by atoms with van der Waals surface area (Å²) in [5.41, 5.74) is 10.4. The monoisotopic (exact) mass is 488 g/mol. The Labute approximate surface area is 187 Å². The zero-order valence-electron chi connectivity index (χ0n) is 16.8. The average molecular weight is 489 g/mol. The van der Waals surface area contributed by atoms with Crippen molar-refractivity contribution < 1.29 is 25.9 Å². The number of halogens is 2. The van der Waals surface area contributed by atoms with Gasteiger partial charge in [0, 0.05) is 1.37 Å². The van der Waals surface area contributed by atoms with Crippen LogP contribution in [0.5, 0.6) is 0 Å². The highest BCUT2D eigenvalue weighted by Gasteiger charge is 2.46. The molecule has 0 aliphatic carbocycles. The zero-order chi connectivity index (χ0) is 21.7. The first kappa shape index (κ1) is 24.5. The van der Waals surface area contributed by atoms with Gasteiger partial charge < -0.3 is 31.2 Å². The van der Waals surface area contributed by atoms with E-state index in [2.05, 4.69) is 9.97 Å². The van der Waals surface area contributed by atoms with Crippen molar-refractivity contribution in [1.29, 1.82) is 0 Å². The van der Waals surface area contributed by atoms with Crippen molar-refractivity contribution in [1.82, 2.24) is 14.5 Å². The minimum Gasteiger partial charge on any atom is -0.462 e. The second-order valence-corrected chi connectivity index (χ2v) is 7.53. The number of H-pyrrole nitrogens is 1. The highest BCUT2D eigenvalue weighted by atomic mass is 35.5. The summed E-state index contributed by atoms with van der Waals surface area (Å²) in [6, 6.07) is -1.23. The third-order valence-electron chi connectivity index (χ3n) is 4.35. The van der Waals surface area contributed by atoms with Crippen LogP contribution in [0.1, 0.15) is 21.4 Å². The number of rotatable bonds is 5.